The molecule has 0 amide bonds. The molecule has 0 aliphatic carbocycles. The van der Waals surface area contributed by atoms with E-state index in [0.29, 0.717) is 17.4 Å². The van der Waals surface area contributed by atoms with Crippen molar-refractivity contribution in [3.8, 4) is 0 Å². The van der Waals surface area contributed by atoms with Crippen molar-refractivity contribution < 1.29 is 9.53 Å². The van der Waals surface area contributed by atoms with Crippen LogP contribution in [0.3, 0.4) is 0 Å². The number of carbonyl (C=O) groups excluding carboxylic acids is 1. The largest absolute Gasteiger partial charge is 0.464 e. The number of rotatable bonds is 5. The lowest BCUT2D eigenvalue weighted by molar-refractivity contribution is 0.0594. The van der Waals surface area contributed by atoms with E-state index in [1.807, 2.05) is 0 Å². The summed E-state index contributed by atoms with van der Waals surface area (Å²) in [4.78, 5) is 15.6. The molecular weight excluding hydrogens is 230 g/mol. The summed E-state index contributed by atoms with van der Waals surface area (Å²) in [6.07, 6.45) is 0.960. The van der Waals surface area contributed by atoms with Crippen molar-refractivity contribution in [2.24, 2.45) is 5.92 Å². The lowest BCUT2D eigenvalue weighted by Gasteiger charge is -2.22. The first kappa shape index (κ1) is 14.3. The molecule has 0 aromatic carbocycles. The summed E-state index contributed by atoms with van der Waals surface area (Å²) in [5.41, 5.74) is 6.64. The molecule has 5 nitrogen and oxygen atoms in total. The van der Waals surface area contributed by atoms with E-state index in [1.165, 1.54) is 7.11 Å². The smallest absolute Gasteiger partial charge is 0.356 e. The molecule has 0 spiro atoms. The summed E-state index contributed by atoms with van der Waals surface area (Å²) in [7, 11) is 1.33. The number of pyridine rings is 1. The second kappa shape index (κ2) is 6.23. The minimum absolute atomic E-state index is 0.257. The Morgan fingerprint density at radius 2 is 2.17 bits per heavy atom. The molecule has 0 radical (unpaired) electrons. The Labute approximate surface area is 108 Å². The van der Waals surface area contributed by atoms with Crippen LogP contribution in [0.5, 0.6) is 0 Å². The molecule has 0 fully saturated rings. The lowest BCUT2D eigenvalue weighted by atomic mass is 10.0. The van der Waals surface area contributed by atoms with Crippen LogP contribution < -0.4 is 11.1 Å². The van der Waals surface area contributed by atoms with Crippen LogP contribution in [-0.4, -0.2) is 24.1 Å². The zero-order valence-corrected chi connectivity index (χ0v) is 11.4. The number of anilines is 2. The third-order valence-corrected chi connectivity index (χ3v) is 2.89. The van der Waals surface area contributed by atoms with Gasteiger partial charge in [0.05, 0.1) is 12.8 Å². The first-order valence-corrected chi connectivity index (χ1v) is 6.11. The molecule has 1 aromatic rings. The van der Waals surface area contributed by atoms with Crippen LogP contribution in [-0.2, 0) is 4.74 Å². The third kappa shape index (κ3) is 3.35. The van der Waals surface area contributed by atoms with Crippen molar-refractivity contribution in [2.75, 3.05) is 18.2 Å². The Morgan fingerprint density at radius 3 is 2.67 bits per heavy atom. The van der Waals surface area contributed by atoms with E-state index in [1.54, 1.807) is 12.1 Å². The Bertz CT molecular complexity index is 419. The molecular formula is C13H21N3O2. The molecule has 0 aliphatic heterocycles. The number of nitrogens with zero attached hydrogens (tertiary/aromatic N) is 1. The highest BCUT2D eigenvalue weighted by atomic mass is 16.5. The zero-order chi connectivity index (χ0) is 13.7. The fraction of sp³-hybridized carbons (Fsp3) is 0.538. The number of hydrogen-bond donors (Lipinski definition) is 2. The molecule has 1 heterocycles. The van der Waals surface area contributed by atoms with Crippen molar-refractivity contribution in [1.82, 2.24) is 4.98 Å². The maximum Gasteiger partial charge on any atom is 0.356 e. The van der Waals surface area contributed by atoms with E-state index < -0.39 is 5.97 Å². The Kier molecular flexibility index (Phi) is 4.95. The monoisotopic (exact) mass is 251 g/mol. The van der Waals surface area contributed by atoms with E-state index in [2.05, 4.69) is 35.8 Å². The van der Waals surface area contributed by atoms with Crippen molar-refractivity contribution in [3.63, 3.8) is 0 Å². The van der Waals surface area contributed by atoms with Gasteiger partial charge < -0.3 is 15.8 Å². The molecule has 0 saturated heterocycles. The summed E-state index contributed by atoms with van der Waals surface area (Å²) in [5.74, 6) is 0.534. The number of nitrogens with one attached hydrogen (secondary N) is 1. The number of esters is 1. The van der Waals surface area contributed by atoms with Gasteiger partial charge in [-0.05, 0) is 24.5 Å². The van der Waals surface area contributed by atoms with Gasteiger partial charge in [-0.25, -0.2) is 9.78 Å². The van der Waals surface area contributed by atoms with Crippen molar-refractivity contribution in [2.45, 2.75) is 33.2 Å². The lowest BCUT2D eigenvalue weighted by Crippen LogP contribution is -2.26. The summed E-state index contributed by atoms with van der Waals surface area (Å²) in [6.45, 7) is 6.35. The van der Waals surface area contributed by atoms with Crippen LogP contribution in [0, 0.1) is 5.92 Å². The predicted octanol–water partition coefficient (Wildman–Crippen LogP) is 2.30. The van der Waals surface area contributed by atoms with Crippen LogP contribution in [0.2, 0.25) is 0 Å². The molecule has 18 heavy (non-hydrogen) atoms. The van der Waals surface area contributed by atoms with Gasteiger partial charge in [-0.1, -0.05) is 20.8 Å². The minimum atomic E-state index is -0.462. The van der Waals surface area contributed by atoms with E-state index in [0.717, 1.165) is 6.42 Å². The van der Waals surface area contributed by atoms with Crippen molar-refractivity contribution in [1.29, 1.82) is 0 Å². The van der Waals surface area contributed by atoms with Crippen LogP contribution in [0.15, 0.2) is 12.1 Å². The van der Waals surface area contributed by atoms with Gasteiger partial charge >= 0.3 is 5.97 Å². The zero-order valence-electron chi connectivity index (χ0n) is 11.4. The van der Waals surface area contributed by atoms with E-state index in [9.17, 15) is 4.79 Å². The highest BCUT2D eigenvalue weighted by Crippen LogP contribution is 2.20. The van der Waals surface area contributed by atoms with Crippen molar-refractivity contribution in [3.05, 3.63) is 17.8 Å². The highest BCUT2D eigenvalue weighted by molar-refractivity contribution is 5.88. The molecule has 1 rings (SSSR count). The van der Waals surface area contributed by atoms with E-state index in [-0.39, 0.29) is 11.7 Å². The summed E-state index contributed by atoms with van der Waals surface area (Å²) < 4.78 is 4.64. The maximum atomic E-state index is 11.4. The summed E-state index contributed by atoms with van der Waals surface area (Å²) in [5, 5.41) is 3.27. The molecule has 3 N–H and O–H groups in total. The number of ether oxygens (including phenoxy) is 1. The van der Waals surface area contributed by atoms with Gasteiger partial charge in [0.25, 0.3) is 0 Å². The van der Waals surface area contributed by atoms with Gasteiger partial charge in [0.1, 0.15) is 5.82 Å². The SMILES string of the molecule is CCC(Nc1nc(C(=O)OC)ccc1N)C(C)C. The fourth-order valence-corrected chi connectivity index (χ4v) is 1.72. The first-order valence-electron chi connectivity index (χ1n) is 6.11. The molecule has 1 aromatic heterocycles. The predicted molar refractivity (Wildman–Crippen MR) is 72.5 cm³/mol. The number of methoxy groups -OCH3 is 1. The normalized spacial score (nSPS) is 12.3. The Morgan fingerprint density at radius 1 is 1.50 bits per heavy atom. The molecule has 0 saturated carbocycles. The van der Waals surface area contributed by atoms with Crippen LogP contribution in [0.1, 0.15) is 37.7 Å². The summed E-state index contributed by atoms with van der Waals surface area (Å²) in [6, 6.07) is 3.49. The standard InChI is InChI=1S/C13H21N3O2/c1-5-10(8(2)3)15-12-9(14)6-7-11(16-12)13(17)18-4/h6-8,10H,5,14H2,1-4H3,(H,15,16). The number of carbonyl (C=O) groups is 1. The third-order valence-electron chi connectivity index (χ3n) is 2.89. The van der Waals surface area contributed by atoms with Crippen LogP contribution >= 0.6 is 0 Å². The second-order valence-corrected chi connectivity index (χ2v) is 4.53. The quantitative estimate of drug-likeness (QED) is 0.785. The average molecular weight is 251 g/mol. The average Bonchev–Trinajstić information content (AvgIpc) is 2.36. The second-order valence-electron chi connectivity index (χ2n) is 4.53. The number of nitrogen functional groups attached to an aromatic ring is 1. The molecule has 0 bridgehead atoms. The van der Waals surface area contributed by atoms with Crippen LogP contribution in [0.25, 0.3) is 0 Å². The van der Waals surface area contributed by atoms with Crippen LogP contribution in [0.4, 0.5) is 11.5 Å². The topological polar surface area (TPSA) is 77.2 Å². The van der Waals surface area contributed by atoms with Gasteiger partial charge in [-0.3, -0.25) is 0 Å². The van der Waals surface area contributed by atoms with Gasteiger partial charge in [0.15, 0.2) is 5.69 Å². The highest BCUT2D eigenvalue weighted by Gasteiger charge is 2.15. The maximum absolute atomic E-state index is 11.4. The van der Waals surface area contributed by atoms with E-state index in [4.69, 9.17) is 5.73 Å². The van der Waals surface area contributed by atoms with Gasteiger partial charge in [-0.2, -0.15) is 0 Å². The molecule has 1 unspecified atom stereocenters. The van der Waals surface area contributed by atoms with Gasteiger partial charge in [-0.15, -0.1) is 0 Å². The Balaban J connectivity index is 2.97. The minimum Gasteiger partial charge on any atom is -0.464 e. The summed E-state index contributed by atoms with van der Waals surface area (Å²) >= 11 is 0. The molecule has 0 aliphatic rings. The number of nitrogens with two attached hydrogens (primary N) is 1. The first-order chi connectivity index (χ1) is 8.49. The molecule has 1 atom stereocenters. The van der Waals surface area contributed by atoms with Crippen molar-refractivity contribution >= 4 is 17.5 Å². The fourth-order valence-electron chi connectivity index (χ4n) is 1.72. The molecule has 100 valence electrons. The van der Waals surface area contributed by atoms with Gasteiger partial charge in [0.2, 0.25) is 0 Å². The van der Waals surface area contributed by atoms with E-state index >= 15 is 0 Å². The van der Waals surface area contributed by atoms with Gasteiger partial charge in [0, 0.05) is 6.04 Å². The number of aromatic nitrogens is 1. The number of hydrogen-bond acceptors (Lipinski definition) is 5. The molecule has 5 heteroatoms. The Hall–Kier alpha value is -1.78.